The molecule has 5 heterocycles. The normalized spacial score (nSPS) is 18.0. The highest BCUT2D eigenvalue weighted by molar-refractivity contribution is 6.00. The minimum absolute atomic E-state index is 0.130. The average molecular weight is 402 g/mol. The number of anilines is 1. The number of aromatic nitrogens is 5. The number of halogens is 3. The number of aromatic amines is 2. The van der Waals surface area contributed by atoms with E-state index in [1.165, 1.54) is 6.07 Å². The second-order valence-corrected chi connectivity index (χ2v) is 7.21. The molecular weight excluding hydrogens is 385 g/mol. The monoisotopic (exact) mass is 402 g/mol. The zero-order valence-electron chi connectivity index (χ0n) is 15.2. The maximum atomic E-state index is 12.8. The van der Waals surface area contributed by atoms with Gasteiger partial charge in [0.05, 0.1) is 28.8 Å². The highest BCUT2D eigenvalue weighted by Crippen LogP contribution is 2.32. The summed E-state index contributed by atoms with van der Waals surface area (Å²) >= 11 is 0. The minimum atomic E-state index is -4.41. The highest BCUT2D eigenvalue weighted by Gasteiger charge is 2.31. The lowest BCUT2D eigenvalue weighted by Gasteiger charge is -2.34. The van der Waals surface area contributed by atoms with Gasteiger partial charge in [-0.25, -0.2) is 14.8 Å². The van der Waals surface area contributed by atoms with Crippen LogP contribution in [0, 0.1) is 0 Å². The zero-order chi connectivity index (χ0) is 20.2. The van der Waals surface area contributed by atoms with Crippen molar-refractivity contribution in [2.45, 2.75) is 25.1 Å². The molecule has 1 fully saturated rings. The molecule has 4 aromatic heterocycles. The number of imidazole rings is 1. The number of hydrogen-bond acceptors (Lipinski definition) is 4. The van der Waals surface area contributed by atoms with Crippen LogP contribution >= 0.6 is 0 Å². The number of piperidine rings is 1. The van der Waals surface area contributed by atoms with Gasteiger partial charge in [0.25, 0.3) is 0 Å². The summed E-state index contributed by atoms with van der Waals surface area (Å²) in [4.78, 5) is 28.9. The third-order valence-electron chi connectivity index (χ3n) is 5.42. The van der Waals surface area contributed by atoms with Gasteiger partial charge in [-0.2, -0.15) is 13.2 Å². The van der Waals surface area contributed by atoms with Crippen molar-refractivity contribution >= 4 is 27.9 Å². The Hall–Kier alpha value is -3.30. The van der Waals surface area contributed by atoms with Gasteiger partial charge in [-0.15, -0.1) is 0 Å². The van der Waals surface area contributed by atoms with E-state index in [4.69, 9.17) is 0 Å². The van der Waals surface area contributed by atoms with Crippen molar-refractivity contribution in [3.63, 3.8) is 0 Å². The fraction of sp³-hybridized carbons (Fsp3) is 0.316. The molecule has 1 atom stereocenters. The number of rotatable bonds is 2. The summed E-state index contributed by atoms with van der Waals surface area (Å²) in [6.07, 6.45) is 1.43. The largest absolute Gasteiger partial charge is 0.417 e. The molecule has 4 aromatic rings. The van der Waals surface area contributed by atoms with Crippen LogP contribution in [0.4, 0.5) is 19.0 Å². The molecule has 0 unspecified atom stereocenters. The van der Waals surface area contributed by atoms with Gasteiger partial charge in [0.15, 0.2) is 0 Å². The van der Waals surface area contributed by atoms with E-state index in [0.717, 1.165) is 36.0 Å². The van der Waals surface area contributed by atoms with Crippen molar-refractivity contribution in [3.05, 3.63) is 52.8 Å². The van der Waals surface area contributed by atoms with Gasteiger partial charge in [-0.1, -0.05) is 0 Å². The molecule has 0 amide bonds. The number of fused-ring (bicyclic) bond motifs is 3. The summed E-state index contributed by atoms with van der Waals surface area (Å²) in [6, 6.07) is 4.18. The van der Waals surface area contributed by atoms with Crippen LogP contribution in [0.5, 0.6) is 0 Å². The molecule has 10 heteroatoms. The maximum absolute atomic E-state index is 12.8. The highest BCUT2D eigenvalue weighted by atomic mass is 19.4. The van der Waals surface area contributed by atoms with E-state index < -0.39 is 11.7 Å². The number of H-pyrrole nitrogens is 2. The zero-order valence-corrected chi connectivity index (χ0v) is 15.2. The van der Waals surface area contributed by atoms with Crippen molar-refractivity contribution < 1.29 is 13.2 Å². The van der Waals surface area contributed by atoms with Gasteiger partial charge in [0, 0.05) is 30.9 Å². The molecule has 1 aliphatic heterocycles. The van der Waals surface area contributed by atoms with Crippen LogP contribution in [-0.4, -0.2) is 37.6 Å². The standard InChI is InChI=1S/C19H17F3N6O/c20-19(21,22)11-3-4-15(24-8-11)27-7-1-2-12(10-27)28-16-13-5-6-23-17(13)25-9-14(16)26-18(28)29/h3-6,8-9,12H,1-2,7,10H2,(H,23,25)(H,26,29)/t12-/m1/s1. The van der Waals surface area contributed by atoms with E-state index in [2.05, 4.69) is 19.9 Å². The Morgan fingerprint density at radius 3 is 2.76 bits per heavy atom. The number of hydrogen-bond donors (Lipinski definition) is 2. The lowest BCUT2D eigenvalue weighted by atomic mass is 10.0. The van der Waals surface area contributed by atoms with E-state index >= 15 is 0 Å². The van der Waals surface area contributed by atoms with Crippen LogP contribution in [0.1, 0.15) is 24.4 Å². The molecular formula is C19H17F3N6O. The van der Waals surface area contributed by atoms with Crippen LogP contribution in [0.3, 0.4) is 0 Å². The van der Waals surface area contributed by atoms with Crippen LogP contribution in [-0.2, 0) is 6.18 Å². The smallest absolute Gasteiger partial charge is 0.355 e. The van der Waals surface area contributed by atoms with Crippen molar-refractivity contribution in [1.29, 1.82) is 0 Å². The van der Waals surface area contributed by atoms with Gasteiger partial charge in [-0.3, -0.25) is 4.57 Å². The molecule has 150 valence electrons. The third-order valence-corrected chi connectivity index (χ3v) is 5.42. The number of nitrogens with one attached hydrogen (secondary N) is 2. The molecule has 2 N–H and O–H groups in total. The quantitative estimate of drug-likeness (QED) is 0.538. The molecule has 0 spiro atoms. The van der Waals surface area contributed by atoms with Crippen LogP contribution in [0.15, 0.2) is 41.6 Å². The first-order chi connectivity index (χ1) is 13.9. The Labute approximate surface area is 162 Å². The molecule has 0 saturated carbocycles. The Morgan fingerprint density at radius 2 is 2.00 bits per heavy atom. The van der Waals surface area contributed by atoms with Crippen LogP contribution in [0.2, 0.25) is 0 Å². The minimum Gasteiger partial charge on any atom is -0.355 e. The predicted octanol–water partition coefficient (Wildman–Crippen LogP) is 3.46. The third kappa shape index (κ3) is 2.95. The van der Waals surface area contributed by atoms with Crippen molar-refractivity contribution in [2.75, 3.05) is 18.0 Å². The van der Waals surface area contributed by atoms with Crippen LogP contribution < -0.4 is 10.6 Å². The Morgan fingerprint density at radius 1 is 1.14 bits per heavy atom. The summed E-state index contributed by atoms with van der Waals surface area (Å²) in [6.45, 7) is 1.16. The van der Waals surface area contributed by atoms with E-state index in [1.54, 1.807) is 17.0 Å². The molecule has 29 heavy (non-hydrogen) atoms. The predicted molar refractivity (Wildman–Crippen MR) is 102 cm³/mol. The van der Waals surface area contributed by atoms with Gasteiger partial charge in [0.2, 0.25) is 0 Å². The molecule has 0 aromatic carbocycles. The lowest BCUT2D eigenvalue weighted by Crippen LogP contribution is -2.39. The summed E-state index contributed by atoms with van der Waals surface area (Å²) in [5.74, 6) is 0.476. The van der Waals surface area contributed by atoms with Crippen molar-refractivity contribution in [3.8, 4) is 0 Å². The topological polar surface area (TPSA) is 82.6 Å². The Kier molecular flexibility index (Phi) is 3.90. The first-order valence-electron chi connectivity index (χ1n) is 9.26. The second-order valence-electron chi connectivity index (χ2n) is 7.21. The first kappa shape index (κ1) is 17.8. The Bertz CT molecular complexity index is 1240. The lowest BCUT2D eigenvalue weighted by molar-refractivity contribution is -0.137. The second kappa shape index (κ2) is 6.36. The van der Waals surface area contributed by atoms with Crippen molar-refractivity contribution in [2.24, 2.45) is 0 Å². The molecule has 7 nitrogen and oxygen atoms in total. The van der Waals surface area contributed by atoms with E-state index in [9.17, 15) is 18.0 Å². The first-order valence-corrected chi connectivity index (χ1v) is 9.26. The van der Waals surface area contributed by atoms with E-state index in [-0.39, 0.29) is 11.7 Å². The summed E-state index contributed by atoms with van der Waals surface area (Å²) in [7, 11) is 0. The molecule has 1 aliphatic rings. The molecule has 1 saturated heterocycles. The van der Waals surface area contributed by atoms with Gasteiger partial charge >= 0.3 is 11.9 Å². The Balaban J connectivity index is 1.51. The van der Waals surface area contributed by atoms with Gasteiger partial charge in [-0.05, 0) is 31.0 Å². The van der Waals surface area contributed by atoms with Crippen LogP contribution in [0.25, 0.3) is 22.1 Å². The number of alkyl halides is 3. The number of nitrogens with zero attached hydrogens (tertiary/aromatic N) is 4. The van der Waals surface area contributed by atoms with E-state index in [1.807, 2.05) is 11.0 Å². The fourth-order valence-electron chi connectivity index (χ4n) is 4.08. The van der Waals surface area contributed by atoms with Crippen molar-refractivity contribution in [1.82, 2.24) is 24.5 Å². The van der Waals surface area contributed by atoms with Gasteiger partial charge < -0.3 is 14.9 Å². The molecule has 0 aliphatic carbocycles. The van der Waals surface area contributed by atoms with E-state index in [0.29, 0.717) is 30.1 Å². The summed E-state index contributed by atoms with van der Waals surface area (Å²) in [5.41, 5.74) is 1.15. The van der Waals surface area contributed by atoms with Gasteiger partial charge in [0.1, 0.15) is 11.5 Å². The summed E-state index contributed by atoms with van der Waals surface area (Å²) < 4.78 is 40.1. The molecule has 5 rings (SSSR count). The summed E-state index contributed by atoms with van der Waals surface area (Å²) in [5, 5.41) is 0.852. The maximum Gasteiger partial charge on any atom is 0.417 e. The number of pyridine rings is 2. The average Bonchev–Trinajstić information content (AvgIpc) is 3.30. The molecule has 0 bridgehead atoms. The molecule has 0 radical (unpaired) electrons. The SMILES string of the molecule is O=c1[nH]c2cnc3[nH]ccc3c2n1[C@@H]1CCCN(c2ccc(C(F)(F)F)cn2)C1. The fourth-order valence-corrected chi connectivity index (χ4v) is 4.08.